The minimum absolute atomic E-state index is 0.196. The van der Waals surface area contributed by atoms with E-state index in [0.717, 1.165) is 12.0 Å². The predicted molar refractivity (Wildman–Crippen MR) is 78.2 cm³/mol. The lowest BCUT2D eigenvalue weighted by molar-refractivity contribution is 0.563. The van der Waals surface area contributed by atoms with Gasteiger partial charge in [0, 0.05) is 5.69 Å². The maximum absolute atomic E-state index is 12.3. The van der Waals surface area contributed by atoms with Gasteiger partial charge in [0.05, 0.1) is 10.9 Å². The molecule has 0 aliphatic rings. The first-order valence-electron chi connectivity index (χ1n) is 6.17. The molecule has 1 rings (SSSR count). The molecule has 0 aliphatic carbocycles. The van der Waals surface area contributed by atoms with Crippen LogP contribution in [0.3, 0.4) is 0 Å². The lowest BCUT2D eigenvalue weighted by atomic mass is 10.1. The number of aryl methyl sites for hydroxylation is 1. The van der Waals surface area contributed by atoms with Gasteiger partial charge < -0.3 is 5.73 Å². The van der Waals surface area contributed by atoms with Gasteiger partial charge in [0.25, 0.3) is 0 Å². The topological polar surface area (TPSA) is 72.2 Å². The first-order valence-corrected chi connectivity index (χ1v) is 7.65. The van der Waals surface area contributed by atoms with Crippen LogP contribution in [0.25, 0.3) is 0 Å². The number of hydrogen-bond donors (Lipinski definition) is 2. The fraction of sp³-hybridized carbons (Fsp3) is 0.429. The third-order valence-corrected chi connectivity index (χ3v) is 4.61. The van der Waals surface area contributed by atoms with Crippen LogP contribution >= 0.6 is 0 Å². The van der Waals surface area contributed by atoms with E-state index in [1.54, 1.807) is 13.0 Å². The van der Waals surface area contributed by atoms with Crippen LogP contribution in [0.4, 0.5) is 5.69 Å². The number of nitrogens with one attached hydrogen (secondary N) is 1. The van der Waals surface area contributed by atoms with Crippen LogP contribution in [0.15, 0.2) is 17.0 Å². The van der Waals surface area contributed by atoms with Gasteiger partial charge in [-0.15, -0.1) is 6.42 Å². The Morgan fingerprint density at radius 3 is 2.58 bits per heavy atom. The van der Waals surface area contributed by atoms with Crippen molar-refractivity contribution < 1.29 is 8.42 Å². The monoisotopic (exact) mass is 280 g/mol. The molecule has 0 bridgehead atoms. The molecule has 1 atom stereocenters. The number of hydrogen-bond acceptors (Lipinski definition) is 3. The van der Waals surface area contributed by atoms with Crippen molar-refractivity contribution >= 4 is 15.7 Å². The normalized spacial score (nSPS) is 12.9. The van der Waals surface area contributed by atoms with Gasteiger partial charge in [0.2, 0.25) is 10.0 Å². The van der Waals surface area contributed by atoms with Gasteiger partial charge in [-0.1, -0.05) is 19.3 Å². The Morgan fingerprint density at radius 2 is 2.05 bits per heavy atom. The summed E-state index contributed by atoms with van der Waals surface area (Å²) in [5, 5.41) is 0. The summed E-state index contributed by atoms with van der Waals surface area (Å²) in [5.41, 5.74) is 7.67. The molecule has 0 fully saturated rings. The number of benzene rings is 1. The SMILES string of the molecule is C#CC(CCC)NS(=O)(=O)c1cc(N)cc(C)c1C. The van der Waals surface area contributed by atoms with Crippen molar-refractivity contribution in [2.45, 2.75) is 44.6 Å². The second-order valence-electron chi connectivity index (χ2n) is 4.59. The number of rotatable bonds is 5. The van der Waals surface area contributed by atoms with E-state index in [1.807, 2.05) is 13.8 Å². The van der Waals surface area contributed by atoms with Gasteiger partial charge in [-0.2, -0.15) is 4.72 Å². The molecule has 0 spiro atoms. The van der Waals surface area contributed by atoms with E-state index in [-0.39, 0.29) is 4.90 Å². The highest BCUT2D eigenvalue weighted by Crippen LogP contribution is 2.22. The largest absolute Gasteiger partial charge is 0.399 e. The van der Waals surface area contributed by atoms with E-state index in [2.05, 4.69) is 10.6 Å². The average Bonchev–Trinajstić information content (AvgIpc) is 2.32. The van der Waals surface area contributed by atoms with Crippen LogP contribution in [0.5, 0.6) is 0 Å². The van der Waals surface area contributed by atoms with Gasteiger partial charge in [-0.3, -0.25) is 0 Å². The second-order valence-corrected chi connectivity index (χ2v) is 6.27. The van der Waals surface area contributed by atoms with Crippen LogP contribution in [0.1, 0.15) is 30.9 Å². The summed E-state index contributed by atoms with van der Waals surface area (Å²) in [6, 6.07) is 2.72. The Labute approximate surface area is 115 Å². The molecule has 1 unspecified atom stereocenters. The third kappa shape index (κ3) is 3.72. The van der Waals surface area contributed by atoms with E-state index in [4.69, 9.17) is 12.2 Å². The maximum Gasteiger partial charge on any atom is 0.242 e. The Morgan fingerprint density at radius 1 is 1.42 bits per heavy atom. The van der Waals surface area contributed by atoms with Gasteiger partial charge in [-0.05, 0) is 43.5 Å². The van der Waals surface area contributed by atoms with Crippen molar-refractivity contribution in [1.29, 1.82) is 0 Å². The molecule has 0 aromatic heterocycles. The zero-order valence-electron chi connectivity index (χ0n) is 11.5. The Hall–Kier alpha value is -1.51. The van der Waals surface area contributed by atoms with Crippen LogP contribution in [0.2, 0.25) is 0 Å². The third-order valence-electron chi connectivity index (χ3n) is 3.01. The van der Waals surface area contributed by atoms with E-state index >= 15 is 0 Å². The first-order chi connectivity index (χ1) is 8.81. The maximum atomic E-state index is 12.3. The number of anilines is 1. The van der Waals surface area contributed by atoms with Crippen LogP contribution in [0, 0.1) is 26.2 Å². The molecule has 0 aliphatic heterocycles. The second kappa shape index (κ2) is 6.09. The lowest BCUT2D eigenvalue weighted by Gasteiger charge is -2.15. The minimum atomic E-state index is -3.64. The summed E-state index contributed by atoms with van der Waals surface area (Å²) in [7, 11) is -3.64. The van der Waals surface area contributed by atoms with Gasteiger partial charge >= 0.3 is 0 Å². The van der Waals surface area contributed by atoms with Crippen LogP contribution in [-0.4, -0.2) is 14.5 Å². The van der Waals surface area contributed by atoms with Crippen LogP contribution in [-0.2, 0) is 10.0 Å². The molecule has 5 heteroatoms. The van der Waals surface area contributed by atoms with Gasteiger partial charge in [0.1, 0.15) is 0 Å². The standard InChI is InChI=1S/C14H20N2O2S/c1-5-7-13(6-2)16-19(17,18)14-9-12(15)8-10(3)11(14)4/h2,8-9,13,16H,5,7,15H2,1,3-4H3. The summed E-state index contributed by atoms with van der Waals surface area (Å²) < 4.78 is 27.2. The Balaban J connectivity index is 3.18. The molecule has 0 heterocycles. The lowest BCUT2D eigenvalue weighted by Crippen LogP contribution is -2.34. The highest BCUT2D eigenvalue weighted by molar-refractivity contribution is 7.89. The van der Waals surface area contributed by atoms with E-state index < -0.39 is 16.1 Å². The Kier molecular flexibility index (Phi) is 4.98. The fourth-order valence-electron chi connectivity index (χ4n) is 1.85. The molecule has 19 heavy (non-hydrogen) atoms. The molecule has 4 nitrogen and oxygen atoms in total. The molecule has 3 N–H and O–H groups in total. The number of sulfonamides is 1. The smallest absolute Gasteiger partial charge is 0.242 e. The van der Waals surface area contributed by atoms with Crippen molar-refractivity contribution in [3.8, 4) is 12.3 Å². The van der Waals surface area contributed by atoms with E-state index in [9.17, 15) is 8.42 Å². The minimum Gasteiger partial charge on any atom is -0.399 e. The van der Waals surface area contributed by atoms with Crippen molar-refractivity contribution in [3.05, 3.63) is 23.3 Å². The first kappa shape index (κ1) is 15.5. The number of nitrogen functional groups attached to an aromatic ring is 1. The van der Waals surface area contributed by atoms with Crippen molar-refractivity contribution in [2.75, 3.05) is 5.73 Å². The summed E-state index contributed by atoms with van der Waals surface area (Å²) >= 11 is 0. The molecule has 1 aromatic rings. The predicted octanol–water partition coefficient (Wildman–Crippen LogP) is 1.97. The molecule has 0 saturated carbocycles. The fourth-order valence-corrected chi connectivity index (χ4v) is 3.39. The molecular formula is C14H20N2O2S. The van der Waals surface area contributed by atoms with Crippen molar-refractivity contribution in [3.63, 3.8) is 0 Å². The molecule has 0 radical (unpaired) electrons. The quantitative estimate of drug-likeness (QED) is 0.640. The molecule has 104 valence electrons. The molecule has 0 amide bonds. The zero-order chi connectivity index (χ0) is 14.6. The van der Waals surface area contributed by atoms with Crippen molar-refractivity contribution in [1.82, 2.24) is 4.72 Å². The zero-order valence-corrected chi connectivity index (χ0v) is 12.3. The summed E-state index contributed by atoms with van der Waals surface area (Å²) in [5.74, 6) is 2.46. The number of terminal acetylenes is 1. The molecule has 0 saturated heterocycles. The van der Waals surface area contributed by atoms with Crippen molar-refractivity contribution in [2.24, 2.45) is 0 Å². The summed E-state index contributed by atoms with van der Waals surface area (Å²) in [6.45, 7) is 5.54. The molecular weight excluding hydrogens is 260 g/mol. The highest BCUT2D eigenvalue weighted by atomic mass is 32.2. The average molecular weight is 280 g/mol. The van der Waals surface area contributed by atoms with Gasteiger partial charge in [-0.25, -0.2) is 8.42 Å². The Bertz CT molecular complexity index is 601. The van der Waals surface area contributed by atoms with E-state index in [1.165, 1.54) is 6.07 Å². The number of nitrogens with two attached hydrogens (primary N) is 1. The molecule has 1 aromatic carbocycles. The summed E-state index contributed by atoms with van der Waals surface area (Å²) in [4.78, 5) is 0.196. The van der Waals surface area contributed by atoms with Crippen LogP contribution < -0.4 is 10.5 Å². The van der Waals surface area contributed by atoms with Gasteiger partial charge in [0.15, 0.2) is 0 Å². The summed E-state index contributed by atoms with van der Waals surface area (Å²) in [6.07, 6.45) is 6.76. The highest BCUT2D eigenvalue weighted by Gasteiger charge is 2.21. The van der Waals surface area contributed by atoms with E-state index in [0.29, 0.717) is 17.7 Å².